The highest BCUT2D eigenvalue weighted by Crippen LogP contribution is 2.25. The number of carboxylic acids is 1. The number of hydrogen-bond donors (Lipinski definition) is 2. The zero-order valence-electron chi connectivity index (χ0n) is 8.19. The highest BCUT2D eigenvalue weighted by Gasteiger charge is 2.44. The lowest BCUT2D eigenvalue weighted by molar-refractivity contribution is -0.192. The molecule has 0 aromatic heterocycles. The van der Waals surface area contributed by atoms with Gasteiger partial charge in [0, 0.05) is 19.5 Å². The Labute approximate surface area is 85.7 Å². The highest BCUT2D eigenvalue weighted by atomic mass is 19.4. The van der Waals surface area contributed by atoms with Crippen molar-refractivity contribution in [1.82, 2.24) is 5.32 Å². The molecule has 0 aromatic rings. The van der Waals surface area contributed by atoms with E-state index in [2.05, 4.69) is 17.2 Å². The van der Waals surface area contributed by atoms with Crippen LogP contribution in [0.15, 0.2) is 0 Å². The SMILES string of the molecule is CC#CCCNCC(C(=O)O)C(F)(F)F. The van der Waals surface area contributed by atoms with Gasteiger partial charge >= 0.3 is 12.1 Å². The molecule has 6 heteroatoms. The van der Waals surface area contributed by atoms with Gasteiger partial charge in [-0.3, -0.25) is 4.79 Å². The normalized spacial score (nSPS) is 12.8. The number of rotatable bonds is 5. The van der Waals surface area contributed by atoms with Crippen LogP contribution in [-0.2, 0) is 4.79 Å². The van der Waals surface area contributed by atoms with Crippen molar-refractivity contribution in [2.45, 2.75) is 19.5 Å². The Kier molecular flexibility index (Phi) is 5.79. The molecule has 0 aliphatic rings. The number of aliphatic carboxylic acids is 1. The smallest absolute Gasteiger partial charge is 0.403 e. The largest absolute Gasteiger partial charge is 0.481 e. The van der Waals surface area contributed by atoms with E-state index in [9.17, 15) is 18.0 Å². The van der Waals surface area contributed by atoms with Crippen LogP contribution in [-0.4, -0.2) is 30.3 Å². The topological polar surface area (TPSA) is 49.3 Å². The number of nitrogens with one attached hydrogen (secondary N) is 1. The summed E-state index contributed by atoms with van der Waals surface area (Å²) >= 11 is 0. The Hall–Kier alpha value is -1.22. The fourth-order valence-electron chi connectivity index (χ4n) is 0.865. The maximum absolute atomic E-state index is 12.1. The summed E-state index contributed by atoms with van der Waals surface area (Å²) in [4.78, 5) is 10.3. The fourth-order valence-corrected chi connectivity index (χ4v) is 0.865. The third kappa shape index (κ3) is 5.96. The van der Waals surface area contributed by atoms with E-state index in [-0.39, 0.29) is 6.54 Å². The molecule has 3 nitrogen and oxygen atoms in total. The third-order valence-corrected chi connectivity index (χ3v) is 1.65. The molecule has 15 heavy (non-hydrogen) atoms. The van der Waals surface area contributed by atoms with Crippen molar-refractivity contribution in [3.8, 4) is 11.8 Å². The van der Waals surface area contributed by atoms with Crippen molar-refractivity contribution in [2.24, 2.45) is 5.92 Å². The van der Waals surface area contributed by atoms with Crippen molar-refractivity contribution in [3.05, 3.63) is 0 Å². The van der Waals surface area contributed by atoms with Crippen molar-refractivity contribution >= 4 is 5.97 Å². The van der Waals surface area contributed by atoms with E-state index in [1.165, 1.54) is 0 Å². The molecular formula is C9H12F3NO2. The van der Waals surface area contributed by atoms with Crippen LogP contribution < -0.4 is 5.32 Å². The number of halogens is 3. The number of carboxylic acid groups (broad SMARTS) is 1. The number of carbonyl (C=O) groups is 1. The maximum atomic E-state index is 12.1. The predicted molar refractivity (Wildman–Crippen MR) is 48.1 cm³/mol. The zero-order chi connectivity index (χ0) is 11.9. The van der Waals surface area contributed by atoms with Crippen LogP contribution >= 0.6 is 0 Å². The Balaban J connectivity index is 3.97. The van der Waals surface area contributed by atoms with E-state index in [1.54, 1.807) is 6.92 Å². The van der Waals surface area contributed by atoms with E-state index in [0.29, 0.717) is 6.42 Å². The molecular weight excluding hydrogens is 211 g/mol. The predicted octanol–water partition coefficient (Wildman–Crippen LogP) is 1.25. The monoisotopic (exact) mass is 223 g/mol. The van der Waals surface area contributed by atoms with Crippen LogP contribution in [0.2, 0.25) is 0 Å². The van der Waals surface area contributed by atoms with Crippen molar-refractivity contribution in [2.75, 3.05) is 13.1 Å². The molecule has 0 fully saturated rings. The van der Waals surface area contributed by atoms with Gasteiger partial charge in [0.1, 0.15) is 0 Å². The van der Waals surface area contributed by atoms with Crippen molar-refractivity contribution in [3.63, 3.8) is 0 Å². The second-order valence-corrected chi connectivity index (χ2v) is 2.81. The number of alkyl halides is 3. The van der Waals surface area contributed by atoms with Crippen LogP contribution in [0, 0.1) is 17.8 Å². The Morgan fingerprint density at radius 3 is 2.53 bits per heavy atom. The molecule has 0 saturated carbocycles. The summed E-state index contributed by atoms with van der Waals surface area (Å²) in [6.07, 6.45) is -4.31. The molecule has 0 heterocycles. The molecule has 0 saturated heterocycles. The van der Waals surface area contributed by atoms with E-state index in [0.717, 1.165) is 0 Å². The van der Waals surface area contributed by atoms with Gasteiger partial charge in [-0.25, -0.2) is 0 Å². The summed E-state index contributed by atoms with van der Waals surface area (Å²) in [5.74, 6) is 1.01. The maximum Gasteiger partial charge on any atom is 0.403 e. The first kappa shape index (κ1) is 13.8. The van der Waals surface area contributed by atoms with Crippen LogP contribution in [0.5, 0.6) is 0 Å². The average Bonchev–Trinajstić information content (AvgIpc) is 2.08. The summed E-state index contributed by atoms with van der Waals surface area (Å²) in [6.45, 7) is 1.25. The van der Waals surface area contributed by atoms with Gasteiger partial charge < -0.3 is 10.4 Å². The van der Waals surface area contributed by atoms with E-state index >= 15 is 0 Å². The first-order valence-corrected chi connectivity index (χ1v) is 4.29. The Morgan fingerprint density at radius 1 is 1.53 bits per heavy atom. The minimum absolute atomic E-state index is 0.251. The molecule has 0 amide bonds. The van der Waals surface area contributed by atoms with Crippen LogP contribution in [0.4, 0.5) is 13.2 Å². The molecule has 1 unspecified atom stereocenters. The van der Waals surface area contributed by atoms with E-state index in [1.807, 2.05) is 0 Å². The summed E-state index contributed by atoms with van der Waals surface area (Å²) in [5, 5.41) is 10.7. The van der Waals surface area contributed by atoms with Gasteiger partial charge in [0.15, 0.2) is 5.92 Å². The minimum Gasteiger partial charge on any atom is -0.481 e. The Bertz CT molecular complexity index is 265. The second-order valence-electron chi connectivity index (χ2n) is 2.81. The third-order valence-electron chi connectivity index (χ3n) is 1.65. The van der Waals surface area contributed by atoms with Gasteiger partial charge in [0.05, 0.1) is 0 Å². The second kappa shape index (κ2) is 6.30. The molecule has 0 radical (unpaired) electrons. The molecule has 0 bridgehead atoms. The lowest BCUT2D eigenvalue weighted by Crippen LogP contribution is -2.39. The fraction of sp³-hybridized carbons (Fsp3) is 0.667. The van der Waals surface area contributed by atoms with Crippen LogP contribution in [0.1, 0.15) is 13.3 Å². The van der Waals surface area contributed by atoms with E-state index in [4.69, 9.17) is 5.11 Å². The average molecular weight is 223 g/mol. The van der Waals surface area contributed by atoms with Crippen molar-refractivity contribution < 1.29 is 23.1 Å². The van der Waals surface area contributed by atoms with Gasteiger partial charge in [-0.2, -0.15) is 13.2 Å². The van der Waals surface area contributed by atoms with Gasteiger partial charge in [0.25, 0.3) is 0 Å². The van der Waals surface area contributed by atoms with Gasteiger partial charge in [-0.05, 0) is 6.92 Å². The first-order chi connectivity index (χ1) is 6.89. The summed E-state index contributed by atoms with van der Waals surface area (Å²) in [5.41, 5.74) is 0. The molecule has 0 rings (SSSR count). The first-order valence-electron chi connectivity index (χ1n) is 4.29. The molecule has 0 aromatic carbocycles. The van der Waals surface area contributed by atoms with Gasteiger partial charge in [-0.1, -0.05) is 0 Å². The van der Waals surface area contributed by atoms with Gasteiger partial charge in [-0.15, -0.1) is 11.8 Å². The van der Waals surface area contributed by atoms with Crippen LogP contribution in [0.3, 0.4) is 0 Å². The molecule has 1 atom stereocenters. The Morgan fingerprint density at radius 2 is 2.13 bits per heavy atom. The molecule has 0 aliphatic carbocycles. The summed E-state index contributed by atoms with van der Waals surface area (Å²) in [6, 6.07) is 0. The van der Waals surface area contributed by atoms with Crippen molar-refractivity contribution in [1.29, 1.82) is 0 Å². The minimum atomic E-state index is -4.71. The van der Waals surface area contributed by atoms with Gasteiger partial charge in [0.2, 0.25) is 0 Å². The lowest BCUT2D eigenvalue weighted by Gasteiger charge is -2.15. The molecule has 86 valence electrons. The molecule has 2 N–H and O–H groups in total. The quantitative estimate of drug-likeness (QED) is 0.544. The van der Waals surface area contributed by atoms with Crippen LogP contribution in [0.25, 0.3) is 0 Å². The highest BCUT2D eigenvalue weighted by molar-refractivity contribution is 5.71. The van der Waals surface area contributed by atoms with E-state index < -0.39 is 24.6 Å². The molecule has 0 spiro atoms. The number of hydrogen-bond acceptors (Lipinski definition) is 2. The standard InChI is InChI=1S/C9H12F3NO2/c1-2-3-4-5-13-6-7(8(14)15)9(10,11)12/h7,13H,4-6H2,1H3,(H,14,15). The molecule has 0 aliphatic heterocycles. The summed E-state index contributed by atoms with van der Waals surface area (Å²) in [7, 11) is 0. The lowest BCUT2D eigenvalue weighted by atomic mass is 10.1. The summed E-state index contributed by atoms with van der Waals surface area (Å²) < 4.78 is 36.3. The zero-order valence-corrected chi connectivity index (χ0v) is 8.19.